The van der Waals surface area contributed by atoms with Crippen LogP contribution in [0.4, 0.5) is 11.8 Å². The fourth-order valence-corrected chi connectivity index (χ4v) is 1.83. The van der Waals surface area contributed by atoms with Gasteiger partial charge in [0.1, 0.15) is 0 Å². The van der Waals surface area contributed by atoms with Gasteiger partial charge in [0.25, 0.3) is 0 Å². The predicted octanol–water partition coefficient (Wildman–Crippen LogP) is 1.90. The Morgan fingerprint density at radius 3 is 2.42 bits per heavy atom. The molecule has 0 saturated carbocycles. The number of halogens is 1. The Labute approximate surface area is 113 Å². The third-order valence-corrected chi connectivity index (χ3v) is 2.84. The van der Waals surface area contributed by atoms with Crippen molar-refractivity contribution in [1.82, 2.24) is 19.9 Å². The van der Waals surface area contributed by atoms with Crippen LogP contribution in [0.5, 0.6) is 0 Å². The molecule has 0 aliphatic carbocycles. The molecule has 6 nitrogen and oxygen atoms in total. The topological polar surface area (TPSA) is 104 Å². The second-order valence-electron chi connectivity index (χ2n) is 3.90. The molecule has 19 heavy (non-hydrogen) atoms. The van der Waals surface area contributed by atoms with E-state index in [2.05, 4.69) is 19.9 Å². The highest BCUT2D eigenvalue weighted by atomic mass is 35.5. The highest BCUT2D eigenvalue weighted by molar-refractivity contribution is 6.30. The number of nitrogens with two attached hydrogens (primary N) is 2. The largest absolute Gasteiger partial charge is 0.382 e. The molecule has 0 spiro atoms. The van der Waals surface area contributed by atoms with E-state index in [9.17, 15) is 0 Å². The average Bonchev–Trinajstić information content (AvgIpc) is 2.39. The summed E-state index contributed by atoms with van der Waals surface area (Å²) < 4.78 is 0. The molecule has 0 saturated heterocycles. The molecule has 0 aliphatic rings. The molecule has 4 N–H and O–H groups in total. The van der Waals surface area contributed by atoms with Crippen molar-refractivity contribution < 1.29 is 0 Å². The molecule has 7 heteroatoms. The number of anilines is 2. The van der Waals surface area contributed by atoms with Crippen LogP contribution in [0, 0.1) is 0 Å². The minimum atomic E-state index is 0.0820. The van der Waals surface area contributed by atoms with E-state index in [-0.39, 0.29) is 11.8 Å². The highest BCUT2D eigenvalue weighted by Gasteiger charge is 2.08. The maximum Gasteiger partial charge on any atom is 0.224 e. The molecule has 0 amide bonds. The van der Waals surface area contributed by atoms with Crippen LogP contribution >= 0.6 is 11.6 Å². The maximum atomic E-state index is 5.85. The normalized spacial score (nSPS) is 10.8. The summed E-state index contributed by atoms with van der Waals surface area (Å²) >= 11 is 5.85. The Bertz CT molecular complexity index is 756. The number of hydrogen-bond donors (Lipinski definition) is 2. The first-order valence-corrected chi connectivity index (χ1v) is 5.83. The summed E-state index contributed by atoms with van der Waals surface area (Å²) in [5, 5.41) is 0.660. The average molecular weight is 273 g/mol. The van der Waals surface area contributed by atoms with E-state index >= 15 is 0 Å². The van der Waals surface area contributed by atoms with Crippen LogP contribution < -0.4 is 11.5 Å². The number of benzene rings is 1. The van der Waals surface area contributed by atoms with E-state index in [1.54, 1.807) is 18.3 Å². The summed E-state index contributed by atoms with van der Waals surface area (Å²) in [5.74, 6) is 0.296. The van der Waals surface area contributed by atoms with Crippen LogP contribution in [0.1, 0.15) is 0 Å². The molecule has 94 valence electrons. The van der Waals surface area contributed by atoms with Gasteiger partial charge in [0.15, 0.2) is 17.0 Å². The van der Waals surface area contributed by atoms with E-state index < -0.39 is 0 Å². The zero-order valence-electron chi connectivity index (χ0n) is 9.71. The van der Waals surface area contributed by atoms with Crippen molar-refractivity contribution >= 4 is 34.5 Å². The van der Waals surface area contributed by atoms with Crippen molar-refractivity contribution in [3.8, 4) is 11.3 Å². The lowest BCUT2D eigenvalue weighted by atomic mass is 10.1. The van der Waals surface area contributed by atoms with Crippen LogP contribution in [0.3, 0.4) is 0 Å². The minimum Gasteiger partial charge on any atom is -0.382 e. The number of rotatable bonds is 1. The Morgan fingerprint density at radius 2 is 1.68 bits per heavy atom. The standard InChI is InChI=1S/C12H9ClN6/c13-7-3-1-6(2-4-7)8-5-16-11-9(17-8)10(14)18-12(15)19-11/h1-5H,(H4,14,15,16,18,19). The number of nitrogens with zero attached hydrogens (tertiary/aromatic N) is 4. The van der Waals surface area contributed by atoms with Crippen LogP contribution in [-0.2, 0) is 0 Å². The summed E-state index contributed by atoms with van der Waals surface area (Å²) in [4.78, 5) is 16.4. The Balaban J connectivity index is 2.19. The van der Waals surface area contributed by atoms with E-state index in [4.69, 9.17) is 23.1 Å². The zero-order valence-corrected chi connectivity index (χ0v) is 10.5. The summed E-state index contributed by atoms with van der Waals surface area (Å²) in [6.45, 7) is 0. The summed E-state index contributed by atoms with van der Waals surface area (Å²) in [6, 6.07) is 7.27. The van der Waals surface area contributed by atoms with Crippen LogP contribution in [0.15, 0.2) is 30.5 Å². The van der Waals surface area contributed by atoms with Crippen molar-refractivity contribution in [2.75, 3.05) is 11.5 Å². The first-order valence-electron chi connectivity index (χ1n) is 5.45. The van der Waals surface area contributed by atoms with Gasteiger partial charge >= 0.3 is 0 Å². The molecule has 3 rings (SSSR count). The number of nitrogen functional groups attached to an aromatic ring is 2. The fraction of sp³-hybridized carbons (Fsp3) is 0. The van der Waals surface area contributed by atoms with Gasteiger partial charge in [0.05, 0.1) is 11.9 Å². The number of aromatic nitrogens is 4. The molecule has 0 fully saturated rings. The second kappa shape index (κ2) is 4.33. The maximum absolute atomic E-state index is 5.85. The lowest BCUT2D eigenvalue weighted by Gasteiger charge is -2.04. The van der Waals surface area contributed by atoms with Crippen LogP contribution in [0.2, 0.25) is 5.02 Å². The van der Waals surface area contributed by atoms with Crippen molar-refractivity contribution in [3.63, 3.8) is 0 Å². The van der Waals surface area contributed by atoms with Crippen LogP contribution in [0.25, 0.3) is 22.4 Å². The van der Waals surface area contributed by atoms with Crippen molar-refractivity contribution in [1.29, 1.82) is 0 Å². The van der Waals surface area contributed by atoms with E-state index in [1.165, 1.54) is 0 Å². The Hall–Kier alpha value is -2.47. The Kier molecular flexibility index (Phi) is 2.64. The van der Waals surface area contributed by atoms with Crippen molar-refractivity contribution in [3.05, 3.63) is 35.5 Å². The van der Waals surface area contributed by atoms with Gasteiger partial charge in [-0.2, -0.15) is 9.97 Å². The van der Waals surface area contributed by atoms with Crippen molar-refractivity contribution in [2.45, 2.75) is 0 Å². The molecule has 2 aromatic heterocycles. The van der Waals surface area contributed by atoms with Gasteiger partial charge in [-0.1, -0.05) is 23.7 Å². The summed E-state index contributed by atoms with van der Waals surface area (Å²) in [6.07, 6.45) is 1.61. The number of fused-ring (bicyclic) bond motifs is 1. The third-order valence-electron chi connectivity index (χ3n) is 2.59. The van der Waals surface area contributed by atoms with E-state index in [0.29, 0.717) is 21.9 Å². The highest BCUT2D eigenvalue weighted by Crippen LogP contribution is 2.22. The number of hydrogen-bond acceptors (Lipinski definition) is 6. The molecule has 3 aromatic rings. The minimum absolute atomic E-state index is 0.0820. The fourth-order valence-electron chi connectivity index (χ4n) is 1.71. The monoisotopic (exact) mass is 272 g/mol. The lowest BCUT2D eigenvalue weighted by molar-refractivity contribution is 1.17. The molecule has 0 aliphatic heterocycles. The van der Waals surface area contributed by atoms with E-state index in [1.807, 2.05) is 12.1 Å². The van der Waals surface area contributed by atoms with Gasteiger partial charge in [-0.3, -0.25) is 0 Å². The van der Waals surface area contributed by atoms with Crippen molar-refractivity contribution in [2.24, 2.45) is 0 Å². The molecule has 1 aromatic carbocycles. The second-order valence-corrected chi connectivity index (χ2v) is 4.34. The van der Waals surface area contributed by atoms with Gasteiger partial charge in [0.2, 0.25) is 5.95 Å². The van der Waals surface area contributed by atoms with Gasteiger partial charge in [-0.25, -0.2) is 9.97 Å². The molecular weight excluding hydrogens is 264 g/mol. The zero-order chi connectivity index (χ0) is 13.4. The smallest absolute Gasteiger partial charge is 0.224 e. The predicted molar refractivity (Wildman–Crippen MR) is 74.4 cm³/mol. The van der Waals surface area contributed by atoms with Gasteiger partial charge < -0.3 is 11.5 Å². The molecular formula is C12H9ClN6. The summed E-state index contributed by atoms with van der Waals surface area (Å²) in [5.41, 5.74) is 13.6. The summed E-state index contributed by atoms with van der Waals surface area (Å²) in [7, 11) is 0. The van der Waals surface area contributed by atoms with Gasteiger partial charge in [-0.05, 0) is 12.1 Å². The first kappa shape index (κ1) is 11.6. The van der Waals surface area contributed by atoms with Gasteiger partial charge in [-0.15, -0.1) is 0 Å². The molecule has 0 radical (unpaired) electrons. The third kappa shape index (κ3) is 2.13. The molecule has 0 bridgehead atoms. The molecule has 2 heterocycles. The molecule has 0 atom stereocenters. The van der Waals surface area contributed by atoms with E-state index in [0.717, 1.165) is 5.56 Å². The molecule has 0 unspecified atom stereocenters. The Morgan fingerprint density at radius 1 is 0.947 bits per heavy atom. The quantitative estimate of drug-likeness (QED) is 0.701. The SMILES string of the molecule is Nc1nc(N)c2nc(-c3ccc(Cl)cc3)cnc2n1. The first-order chi connectivity index (χ1) is 9.13. The lowest BCUT2D eigenvalue weighted by Crippen LogP contribution is -2.03. The van der Waals surface area contributed by atoms with Crippen LogP contribution in [-0.4, -0.2) is 19.9 Å². The van der Waals surface area contributed by atoms with Gasteiger partial charge in [0, 0.05) is 10.6 Å².